The summed E-state index contributed by atoms with van der Waals surface area (Å²) < 4.78 is 0. The van der Waals surface area contributed by atoms with Gasteiger partial charge in [0.05, 0.1) is 0 Å². The van der Waals surface area contributed by atoms with Gasteiger partial charge in [0.2, 0.25) is 0 Å². The van der Waals surface area contributed by atoms with E-state index in [0.717, 1.165) is 18.4 Å². The van der Waals surface area contributed by atoms with Gasteiger partial charge in [-0.1, -0.05) is 54.0 Å². The maximum Gasteiger partial charge on any atom is 0.0231 e. The van der Waals surface area contributed by atoms with Gasteiger partial charge in [0, 0.05) is 18.4 Å². The molecule has 0 aliphatic carbocycles. The minimum absolute atomic E-state index is 0.624. The molecule has 0 heterocycles. The molecule has 0 aliphatic rings. The highest BCUT2D eigenvalue weighted by atomic mass is 79.9. The summed E-state index contributed by atoms with van der Waals surface area (Å²) in [4.78, 5) is 2.32. The molecule has 0 N–H and O–H groups in total. The molecule has 0 aromatic heterocycles. The molecule has 0 aliphatic heterocycles. The highest BCUT2D eigenvalue weighted by molar-refractivity contribution is 9.09. The largest absolute Gasteiger partial charge is 0.301 e. The average Bonchev–Trinajstić information content (AvgIpc) is 2.18. The van der Waals surface area contributed by atoms with Crippen LogP contribution < -0.4 is 0 Å². The van der Waals surface area contributed by atoms with Crippen LogP contribution in [-0.2, 0) is 6.54 Å². The summed E-state index contributed by atoms with van der Waals surface area (Å²) in [5.74, 6) is 0.624. The zero-order valence-corrected chi connectivity index (χ0v) is 11.4. The van der Waals surface area contributed by atoms with Crippen LogP contribution in [0.1, 0.15) is 30.9 Å². The van der Waals surface area contributed by atoms with Crippen molar-refractivity contribution < 1.29 is 0 Å². The van der Waals surface area contributed by atoms with Crippen LogP contribution in [-0.4, -0.2) is 23.8 Å². The van der Waals surface area contributed by atoms with Crippen LogP contribution in [0.5, 0.6) is 0 Å². The summed E-state index contributed by atoms with van der Waals surface area (Å²) in [6.07, 6.45) is 0. The van der Waals surface area contributed by atoms with Crippen LogP contribution >= 0.6 is 15.9 Å². The SMILES string of the molecule is CC(C)c1ccc(CN(C)CCBr)cc1. The first kappa shape index (κ1) is 12.7. The summed E-state index contributed by atoms with van der Waals surface area (Å²) >= 11 is 3.45. The fourth-order valence-electron chi connectivity index (χ4n) is 1.54. The van der Waals surface area contributed by atoms with Crippen molar-refractivity contribution in [1.29, 1.82) is 0 Å². The van der Waals surface area contributed by atoms with E-state index in [2.05, 4.69) is 66.0 Å². The number of nitrogens with zero attached hydrogens (tertiary/aromatic N) is 1. The van der Waals surface area contributed by atoms with Crippen molar-refractivity contribution in [3.63, 3.8) is 0 Å². The molecule has 0 unspecified atom stereocenters. The molecule has 0 saturated heterocycles. The topological polar surface area (TPSA) is 3.24 Å². The van der Waals surface area contributed by atoms with E-state index in [9.17, 15) is 0 Å². The molecule has 1 rings (SSSR count). The quantitative estimate of drug-likeness (QED) is 0.738. The third-order valence-electron chi connectivity index (χ3n) is 2.57. The molecule has 15 heavy (non-hydrogen) atoms. The van der Waals surface area contributed by atoms with Gasteiger partial charge in [-0.15, -0.1) is 0 Å². The Morgan fingerprint density at radius 3 is 2.27 bits per heavy atom. The first-order valence-electron chi connectivity index (χ1n) is 5.47. The number of halogens is 1. The van der Waals surface area contributed by atoms with Gasteiger partial charge in [-0.3, -0.25) is 0 Å². The molecular formula is C13H20BrN. The summed E-state index contributed by atoms with van der Waals surface area (Å²) in [5.41, 5.74) is 2.81. The lowest BCUT2D eigenvalue weighted by atomic mass is 10.0. The smallest absolute Gasteiger partial charge is 0.0231 e. The highest BCUT2D eigenvalue weighted by Crippen LogP contribution is 2.15. The first-order valence-corrected chi connectivity index (χ1v) is 6.59. The summed E-state index contributed by atoms with van der Waals surface area (Å²) in [6.45, 7) is 6.58. The van der Waals surface area contributed by atoms with Crippen molar-refractivity contribution in [3.8, 4) is 0 Å². The van der Waals surface area contributed by atoms with E-state index >= 15 is 0 Å². The van der Waals surface area contributed by atoms with E-state index in [1.807, 2.05) is 0 Å². The summed E-state index contributed by atoms with van der Waals surface area (Å²) in [5, 5.41) is 1.04. The molecule has 0 atom stereocenters. The van der Waals surface area contributed by atoms with Gasteiger partial charge in [-0.05, 0) is 24.1 Å². The van der Waals surface area contributed by atoms with E-state index in [1.54, 1.807) is 0 Å². The Morgan fingerprint density at radius 2 is 1.80 bits per heavy atom. The Bertz CT molecular complexity index is 279. The molecule has 0 saturated carbocycles. The Hall–Kier alpha value is -0.340. The predicted octanol–water partition coefficient (Wildman–Crippen LogP) is 3.64. The number of rotatable bonds is 5. The second-order valence-electron chi connectivity index (χ2n) is 4.32. The fourth-order valence-corrected chi connectivity index (χ4v) is 2.15. The van der Waals surface area contributed by atoms with Gasteiger partial charge in [-0.25, -0.2) is 0 Å². The van der Waals surface area contributed by atoms with Gasteiger partial charge in [0.1, 0.15) is 0 Å². The van der Waals surface area contributed by atoms with Crippen molar-refractivity contribution in [3.05, 3.63) is 35.4 Å². The average molecular weight is 270 g/mol. The van der Waals surface area contributed by atoms with E-state index < -0.39 is 0 Å². The molecule has 1 aromatic rings. The Balaban J connectivity index is 2.56. The Labute approximate surface area is 102 Å². The zero-order chi connectivity index (χ0) is 11.3. The molecule has 84 valence electrons. The van der Waals surface area contributed by atoms with Crippen LogP contribution in [0.25, 0.3) is 0 Å². The lowest BCUT2D eigenvalue weighted by molar-refractivity contribution is 0.349. The van der Waals surface area contributed by atoms with Crippen LogP contribution in [0, 0.1) is 0 Å². The number of benzene rings is 1. The second kappa shape index (κ2) is 6.29. The first-order chi connectivity index (χ1) is 7.13. The number of alkyl halides is 1. The highest BCUT2D eigenvalue weighted by Gasteiger charge is 2.01. The van der Waals surface area contributed by atoms with Crippen molar-refractivity contribution in [2.45, 2.75) is 26.3 Å². The van der Waals surface area contributed by atoms with E-state index in [-0.39, 0.29) is 0 Å². The second-order valence-corrected chi connectivity index (χ2v) is 5.12. The molecule has 0 spiro atoms. The maximum absolute atomic E-state index is 3.45. The zero-order valence-electron chi connectivity index (χ0n) is 9.83. The predicted molar refractivity (Wildman–Crippen MR) is 70.7 cm³/mol. The van der Waals surface area contributed by atoms with Gasteiger partial charge in [0.15, 0.2) is 0 Å². The van der Waals surface area contributed by atoms with Crippen molar-refractivity contribution in [1.82, 2.24) is 4.90 Å². The van der Waals surface area contributed by atoms with E-state index in [0.29, 0.717) is 5.92 Å². The number of hydrogen-bond acceptors (Lipinski definition) is 1. The van der Waals surface area contributed by atoms with Gasteiger partial charge < -0.3 is 4.90 Å². The van der Waals surface area contributed by atoms with E-state index in [1.165, 1.54) is 11.1 Å². The lowest BCUT2D eigenvalue weighted by Crippen LogP contribution is -2.19. The molecule has 0 bridgehead atoms. The Morgan fingerprint density at radius 1 is 1.20 bits per heavy atom. The van der Waals surface area contributed by atoms with Gasteiger partial charge in [-0.2, -0.15) is 0 Å². The van der Waals surface area contributed by atoms with Crippen LogP contribution in [0.3, 0.4) is 0 Å². The normalized spacial score (nSPS) is 11.3. The molecule has 0 fully saturated rings. The monoisotopic (exact) mass is 269 g/mol. The fraction of sp³-hybridized carbons (Fsp3) is 0.538. The standard InChI is InChI=1S/C13H20BrN/c1-11(2)13-6-4-12(5-7-13)10-15(3)9-8-14/h4-7,11H,8-10H2,1-3H3. The molecular weight excluding hydrogens is 250 g/mol. The van der Waals surface area contributed by atoms with Crippen LogP contribution in [0.15, 0.2) is 24.3 Å². The van der Waals surface area contributed by atoms with Gasteiger partial charge >= 0.3 is 0 Å². The van der Waals surface area contributed by atoms with Crippen LogP contribution in [0.4, 0.5) is 0 Å². The minimum Gasteiger partial charge on any atom is -0.301 e. The maximum atomic E-state index is 3.45. The summed E-state index contributed by atoms with van der Waals surface area (Å²) in [6, 6.07) is 8.95. The molecule has 1 aromatic carbocycles. The third-order valence-corrected chi connectivity index (χ3v) is 2.92. The van der Waals surface area contributed by atoms with Crippen molar-refractivity contribution >= 4 is 15.9 Å². The Kier molecular flexibility index (Phi) is 5.34. The molecule has 1 nitrogen and oxygen atoms in total. The molecule has 0 amide bonds. The lowest BCUT2D eigenvalue weighted by Gasteiger charge is -2.15. The molecule has 0 radical (unpaired) electrons. The van der Waals surface area contributed by atoms with Crippen molar-refractivity contribution in [2.75, 3.05) is 18.9 Å². The van der Waals surface area contributed by atoms with Crippen LogP contribution in [0.2, 0.25) is 0 Å². The van der Waals surface area contributed by atoms with Gasteiger partial charge in [0.25, 0.3) is 0 Å². The van der Waals surface area contributed by atoms with Crippen molar-refractivity contribution in [2.24, 2.45) is 0 Å². The molecule has 2 heteroatoms. The van der Waals surface area contributed by atoms with E-state index in [4.69, 9.17) is 0 Å². The number of hydrogen-bond donors (Lipinski definition) is 0. The minimum atomic E-state index is 0.624. The summed E-state index contributed by atoms with van der Waals surface area (Å²) in [7, 11) is 2.15. The third kappa shape index (κ3) is 4.35.